The molecule has 17 heavy (non-hydrogen) atoms. The molecule has 1 heterocycles. The van der Waals surface area contributed by atoms with Crippen LogP contribution in [0.2, 0.25) is 0 Å². The molecular weight excluding hydrogens is 216 g/mol. The van der Waals surface area contributed by atoms with Gasteiger partial charge in [-0.2, -0.15) is 0 Å². The highest BCUT2D eigenvalue weighted by Crippen LogP contribution is 2.31. The molecule has 90 valence electrons. The predicted molar refractivity (Wildman–Crippen MR) is 66.5 cm³/mol. The van der Waals surface area contributed by atoms with Crippen LogP contribution in [-0.4, -0.2) is 23.8 Å². The van der Waals surface area contributed by atoms with E-state index < -0.39 is 0 Å². The van der Waals surface area contributed by atoms with E-state index in [4.69, 9.17) is 9.47 Å². The molecule has 0 aliphatic heterocycles. The Bertz CT molecular complexity index is 532. The molecule has 1 aromatic heterocycles. The third-order valence-electron chi connectivity index (χ3n) is 2.64. The maximum atomic E-state index is 5.28. The van der Waals surface area contributed by atoms with Crippen molar-refractivity contribution in [3.63, 3.8) is 0 Å². The van der Waals surface area contributed by atoms with E-state index in [1.165, 1.54) is 0 Å². The molecule has 2 rings (SSSR count). The number of rotatable bonds is 3. The summed E-state index contributed by atoms with van der Waals surface area (Å²) in [6.07, 6.45) is 1.99. The molecule has 4 nitrogen and oxygen atoms in total. The average Bonchev–Trinajstić information content (AvgIpc) is 2.67. The lowest BCUT2D eigenvalue weighted by Crippen LogP contribution is -1.94. The van der Waals surface area contributed by atoms with Crippen LogP contribution in [0.5, 0.6) is 11.5 Å². The summed E-state index contributed by atoms with van der Waals surface area (Å²) in [7, 11) is 5.24. The second-order valence-electron chi connectivity index (χ2n) is 3.89. The van der Waals surface area contributed by atoms with Crippen LogP contribution in [0.1, 0.15) is 5.69 Å². The molecule has 0 amide bonds. The van der Waals surface area contributed by atoms with Gasteiger partial charge in [0.2, 0.25) is 0 Å². The number of aromatic nitrogens is 2. The second kappa shape index (κ2) is 4.49. The van der Waals surface area contributed by atoms with Gasteiger partial charge in [0, 0.05) is 18.8 Å². The number of benzene rings is 1. The first-order valence-corrected chi connectivity index (χ1v) is 5.38. The number of ether oxygens (including phenoxy) is 2. The lowest BCUT2D eigenvalue weighted by Gasteiger charge is -2.09. The van der Waals surface area contributed by atoms with Crippen LogP contribution in [0.15, 0.2) is 24.4 Å². The summed E-state index contributed by atoms with van der Waals surface area (Å²) >= 11 is 0. The van der Waals surface area contributed by atoms with Crippen LogP contribution in [0.3, 0.4) is 0 Å². The molecule has 0 radical (unpaired) electrons. The molecule has 0 bridgehead atoms. The topological polar surface area (TPSA) is 36.3 Å². The third kappa shape index (κ3) is 2.11. The van der Waals surface area contributed by atoms with Crippen molar-refractivity contribution in [1.82, 2.24) is 9.55 Å². The van der Waals surface area contributed by atoms with Crippen molar-refractivity contribution in [3.05, 3.63) is 30.1 Å². The Kier molecular flexibility index (Phi) is 3.04. The normalized spacial score (nSPS) is 10.4. The van der Waals surface area contributed by atoms with Crippen molar-refractivity contribution in [2.75, 3.05) is 14.2 Å². The highest BCUT2D eigenvalue weighted by atomic mass is 16.5. The van der Waals surface area contributed by atoms with Gasteiger partial charge >= 0.3 is 0 Å². The monoisotopic (exact) mass is 232 g/mol. The molecule has 1 aromatic carbocycles. The molecule has 0 N–H and O–H groups in total. The SMILES string of the molecule is COc1ccc(-c2nc(C)cn2C)cc1OC. The number of hydrogen-bond acceptors (Lipinski definition) is 3. The van der Waals surface area contributed by atoms with Crippen molar-refractivity contribution in [2.24, 2.45) is 7.05 Å². The second-order valence-corrected chi connectivity index (χ2v) is 3.89. The maximum absolute atomic E-state index is 5.28. The zero-order chi connectivity index (χ0) is 12.4. The number of aryl methyl sites for hydroxylation is 2. The molecule has 0 aliphatic rings. The molecule has 0 spiro atoms. The van der Waals surface area contributed by atoms with Gasteiger partial charge in [0.1, 0.15) is 5.82 Å². The zero-order valence-corrected chi connectivity index (χ0v) is 10.5. The fourth-order valence-electron chi connectivity index (χ4n) is 1.86. The fraction of sp³-hybridized carbons (Fsp3) is 0.308. The van der Waals surface area contributed by atoms with E-state index in [-0.39, 0.29) is 0 Å². The Morgan fingerprint density at radius 3 is 2.35 bits per heavy atom. The molecule has 0 saturated carbocycles. The summed E-state index contributed by atoms with van der Waals surface area (Å²) in [5, 5.41) is 0. The molecule has 2 aromatic rings. The highest BCUT2D eigenvalue weighted by molar-refractivity contribution is 5.61. The first-order chi connectivity index (χ1) is 8.15. The predicted octanol–water partition coefficient (Wildman–Crippen LogP) is 2.41. The molecule has 0 fully saturated rings. The van der Waals surface area contributed by atoms with E-state index in [9.17, 15) is 0 Å². The van der Waals surface area contributed by atoms with Gasteiger partial charge in [-0.15, -0.1) is 0 Å². The fourth-order valence-corrected chi connectivity index (χ4v) is 1.86. The largest absolute Gasteiger partial charge is 0.493 e. The van der Waals surface area contributed by atoms with Crippen molar-refractivity contribution in [2.45, 2.75) is 6.92 Å². The van der Waals surface area contributed by atoms with E-state index in [1.807, 2.05) is 42.9 Å². The van der Waals surface area contributed by atoms with Crippen LogP contribution in [0.25, 0.3) is 11.4 Å². The number of methoxy groups -OCH3 is 2. The van der Waals surface area contributed by atoms with Gasteiger partial charge < -0.3 is 14.0 Å². The molecule has 0 unspecified atom stereocenters. The number of imidazole rings is 1. The summed E-state index contributed by atoms with van der Waals surface area (Å²) in [6, 6.07) is 5.79. The number of hydrogen-bond donors (Lipinski definition) is 0. The minimum Gasteiger partial charge on any atom is -0.493 e. The first-order valence-electron chi connectivity index (χ1n) is 5.38. The van der Waals surface area contributed by atoms with E-state index in [0.717, 1.165) is 22.8 Å². The lowest BCUT2D eigenvalue weighted by atomic mass is 10.2. The van der Waals surface area contributed by atoms with Gasteiger partial charge in [0.15, 0.2) is 11.5 Å². The van der Waals surface area contributed by atoms with Crippen molar-refractivity contribution >= 4 is 0 Å². The van der Waals surface area contributed by atoms with Crippen LogP contribution in [0, 0.1) is 6.92 Å². The smallest absolute Gasteiger partial charge is 0.161 e. The highest BCUT2D eigenvalue weighted by Gasteiger charge is 2.09. The van der Waals surface area contributed by atoms with E-state index >= 15 is 0 Å². The van der Waals surface area contributed by atoms with Crippen LogP contribution in [0.4, 0.5) is 0 Å². The van der Waals surface area contributed by atoms with Gasteiger partial charge in [-0.3, -0.25) is 0 Å². The van der Waals surface area contributed by atoms with Crippen LogP contribution in [-0.2, 0) is 7.05 Å². The third-order valence-corrected chi connectivity index (χ3v) is 2.64. The maximum Gasteiger partial charge on any atom is 0.161 e. The van der Waals surface area contributed by atoms with Crippen LogP contribution >= 0.6 is 0 Å². The van der Waals surface area contributed by atoms with Gasteiger partial charge in [-0.25, -0.2) is 4.98 Å². The van der Waals surface area contributed by atoms with Gasteiger partial charge in [-0.1, -0.05) is 0 Å². The number of nitrogens with zero attached hydrogens (tertiary/aromatic N) is 2. The Balaban J connectivity index is 2.50. The summed E-state index contributed by atoms with van der Waals surface area (Å²) in [4.78, 5) is 4.48. The first kappa shape index (κ1) is 11.5. The molecule has 0 atom stereocenters. The Morgan fingerprint density at radius 1 is 1.12 bits per heavy atom. The zero-order valence-electron chi connectivity index (χ0n) is 10.5. The van der Waals surface area contributed by atoms with Crippen molar-refractivity contribution in [3.8, 4) is 22.9 Å². The van der Waals surface area contributed by atoms with Crippen LogP contribution < -0.4 is 9.47 Å². The van der Waals surface area contributed by atoms with E-state index in [2.05, 4.69) is 4.98 Å². The minimum absolute atomic E-state index is 0.714. The van der Waals surface area contributed by atoms with Crippen molar-refractivity contribution < 1.29 is 9.47 Å². The van der Waals surface area contributed by atoms with Gasteiger partial charge in [0.05, 0.1) is 19.9 Å². The summed E-state index contributed by atoms with van der Waals surface area (Å²) in [5.74, 6) is 2.36. The van der Waals surface area contributed by atoms with E-state index in [1.54, 1.807) is 14.2 Å². The Hall–Kier alpha value is -1.97. The standard InChI is InChI=1S/C13H16N2O2/c1-9-8-15(2)13(14-9)10-5-6-11(16-3)12(7-10)17-4/h5-8H,1-4H3. The van der Waals surface area contributed by atoms with Gasteiger partial charge in [-0.05, 0) is 25.1 Å². The van der Waals surface area contributed by atoms with Gasteiger partial charge in [0.25, 0.3) is 0 Å². The van der Waals surface area contributed by atoms with E-state index in [0.29, 0.717) is 5.75 Å². The lowest BCUT2D eigenvalue weighted by molar-refractivity contribution is 0.355. The Morgan fingerprint density at radius 2 is 1.82 bits per heavy atom. The average molecular weight is 232 g/mol. The molecule has 0 aliphatic carbocycles. The summed E-state index contributed by atoms with van der Waals surface area (Å²) in [6.45, 7) is 1.98. The summed E-state index contributed by atoms with van der Waals surface area (Å²) < 4.78 is 12.5. The Labute approximate surface area is 101 Å². The minimum atomic E-state index is 0.714. The molecular formula is C13H16N2O2. The molecule has 4 heteroatoms. The van der Waals surface area contributed by atoms with Crippen molar-refractivity contribution in [1.29, 1.82) is 0 Å². The quantitative estimate of drug-likeness (QED) is 0.815. The molecule has 0 saturated heterocycles. The summed E-state index contributed by atoms with van der Waals surface area (Å²) in [5.41, 5.74) is 2.01.